The van der Waals surface area contributed by atoms with Crippen LogP contribution < -0.4 is 4.74 Å². The predicted molar refractivity (Wildman–Crippen MR) is 252 cm³/mol. The molecule has 0 saturated carbocycles. The predicted octanol–water partition coefficient (Wildman–Crippen LogP) is 14.6. The molecule has 13 rings (SSSR count). The van der Waals surface area contributed by atoms with E-state index in [1.165, 1.54) is 27.8 Å². The lowest BCUT2D eigenvalue weighted by Crippen LogP contribution is -2.32. The van der Waals surface area contributed by atoms with Crippen LogP contribution in [-0.4, -0.2) is 15.0 Å². The van der Waals surface area contributed by atoms with E-state index in [4.69, 9.17) is 24.1 Å². The maximum atomic E-state index is 7.10. The zero-order valence-corrected chi connectivity index (χ0v) is 33.9. The maximum Gasteiger partial charge on any atom is 0.167 e. The third-order valence-corrected chi connectivity index (χ3v) is 12.9. The molecule has 0 bridgehead atoms. The van der Waals surface area contributed by atoms with Gasteiger partial charge in [0.15, 0.2) is 17.5 Å². The van der Waals surface area contributed by atoms with Crippen LogP contribution in [0.25, 0.3) is 89.5 Å². The molecule has 0 atom stereocenters. The second-order valence-electron chi connectivity index (χ2n) is 16.2. The zero-order valence-electron chi connectivity index (χ0n) is 33.9. The van der Waals surface area contributed by atoms with Gasteiger partial charge < -0.3 is 9.15 Å². The van der Waals surface area contributed by atoms with Crippen LogP contribution in [0.1, 0.15) is 22.3 Å². The Bertz CT molecular complexity index is 3560. The molecule has 3 heterocycles. The highest BCUT2D eigenvalue weighted by Crippen LogP contribution is 2.63. The molecule has 0 fully saturated rings. The number of hydrogen-bond donors (Lipinski definition) is 0. The van der Waals surface area contributed by atoms with Crippen molar-refractivity contribution in [3.8, 4) is 79.0 Å². The minimum atomic E-state index is -0.634. The van der Waals surface area contributed by atoms with Gasteiger partial charge in [-0.05, 0) is 68.8 Å². The molecule has 9 aromatic carbocycles. The second-order valence-corrected chi connectivity index (χ2v) is 16.2. The first-order chi connectivity index (χ1) is 31.2. The summed E-state index contributed by atoms with van der Waals surface area (Å²) in [6, 6.07) is 74.2. The van der Waals surface area contributed by atoms with E-state index in [1.54, 1.807) is 0 Å². The molecule has 0 N–H and O–H groups in total. The Labute approximate surface area is 363 Å². The topological polar surface area (TPSA) is 61.0 Å². The van der Waals surface area contributed by atoms with Gasteiger partial charge >= 0.3 is 0 Å². The Balaban J connectivity index is 1.06. The SMILES string of the molecule is c1ccc(-c2ccc(-c3ccccc3-c3nc(-c4cccc5c4Oc4ccccc4C54c5ccccc5-c5ccccc54)nc(-c4cccc5c4oc4ccccc45)n3)cc2)cc1. The fourth-order valence-corrected chi connectivity index (χ4v) is 10.1. The van der Waals surface area contributed by atoms with Gasteiger partial charge in [-0.2, -0.15) is 0 Å². The van der Waals surface area contributed by atoms with Crippen LogP contribution in [0.4, 0.5) is 0 Å². The number of furan rings is 1. The minimum Gasteiger partial charge on any atom is -0.456 e. The van der Waals surface area contributed by atoms with Crippen molar-refractivity contribution < 1.29 is 9.15 Å². The zero-order chi connectivity index (χ0) is 41.5. The summed E-state index contributed by atoms with van der Waals surface area (Å²) in [5, 5.41) is 2.04. The maximum absolute atomic E-state index is 7.10. The van der Waals surface area contributed by atoms with Gasteiger partial charge in [0.25, 0.3) is 0 Å². The molecule has 1 spiro atoms. The summed E-state index contributed by atoms with van der Waals surface area (Å²) in [7, 11) is 0. The number of benzene rings is 9. The molecule has 0 radical (unpaired) electrons. The Morgan fingerprint density at radius 1 is 0.317 bits per heavy atom. The van der Waals surface area contributed by atoms with Gasteiger partial charge in [-0.15, -0.1) is 0 Å². The third-order valence-electron chi connectivity index (χ3n) is 12.9. The van der Waals surface area contributed by atoms with E-state index >= 15 is 0 Å². The summed E-state index contributed by atoms with van der Waals surface area (Å²) in [4.78, 5) is 16.1. The van der Waals surface area contributed by atoms with E-state index in [1.807, 2.05) is 48.5 Å². The molecular formula is C58H35N3O2. The van der Waals surface area contributed by atoms with Gasteiger partial charge in [-0.3, -0.25) is 0 Å². The molecule has 0 saturated heterocycles. The van der Waals surface area contributed by atoms with E-state index in [0.29, 0.717) is 17.5 Å². The normalized spacial score (nSPS) is 13.0. The molecule has 5 nitrogen and oxygen atoms in total. The molecule has 5 heteroatoms. The number of aromatic nitrogens is 3. The number of rotatable bonds is 5. The molecule has 2 aliphatic rings. The number of para-hydroxylation sites is 4. The Morgan fingerprint density at radius 2 is 0.810 bits per heavy atom. The lowest BCUT2D eigenvalue weighted by molar-refractivity contribution is 0.437. The van der Waals surface area contributed by atoms with E-state index < -0.39 is 5.41 Å². The summed E-state index contributed by atoms with van der Waals surface area (Å²) in [6.45, 7) is 0. The summed E-state index contributed by atoms with van der Waals surface area (Å²) in [5.74, 6) is 3.08. The van der Waals surface area contributed by atoms with Crippen LogP contribution >= 0.6 is 0 Å². The van der Waals surface area contributed by atoms with Crippen molar-refractivity contribution in [1.29, 1.82) is 0 Å². The van der Waals surface area contributed by atoms with Crippen molar-refractivity contribution in [3.63, 3.8) is 0 Å². The van der Waals surface area contributed by atoms with Crippen LogP contribution in [0, 0.1) is 0 Å². The number of hydrogen-bond acceptors (Lipinski definition) is 5. The monoisotopic (exact) mass is 805 g/mol. The van der Waals surface area contributed by atoms with Crippen LogP contribution in [0.3, 0.4) is 0 Å². The first-order valence-corrected chi connectivity index (χ1v) is 21.3. The van der Waals surface area contributed by atoms with Crippen LogP contribution in [0.2, 0.25) is 0 Å². The van der Waals surface area contributed by atoms with Gasteiger partial charge in [0.2, 0.25) is 0 Å². The van der Waals surface area contributed by atoms with Crippen molar-refractivity contribution in [2.24, 2.45) is 0 Å². The van der Waals surface area contributed by atoms with Crippen LogP contribution in [0.15, 0.2) is 217 Å². The highest BCUT2D eigenvalue weighted by Gasteiger charge is 2.51. The highest BCUT2D eigenvalue weighted by atomic mass is 16.5. The van der Waals surface area contributed by atoms with Gasteiger partial charge in [-0.25, -0.2) is 15.0 Å². The number of fused-ring (bicyclic) bond motifs is 12. The molecule has 11 aromatic rings. The van der Waals surface area contributed by atoms with E-state index in [-0.39, 0.29) is 0 Å². The van der Waals surface area contributed by atoms with Gasteiger partial charge in [-0.1, -0.05) is 188 Å². The summed E-state index contributed by atoms with van der Waals surface area (Å²) in [5.41, 5.74) is 14.8. The van der Waals surface area contributed by atoms with Gasteiger partial charge in [0.1, 0.15) is 22.7 Å². The van der Waals surface area contributed by atoms with Crippen LogP contribution in [-0.2, 0) is 5.41 Å². The lowest BCUT2D eigenvalue weighted by Gasteiger charge is -2.39. The first kappa shape index (κ1) is 35.4. The lowest BCUT2D eigenvalue weighted by atomic mass is 9.66. The highest BCUT2D eigenvalue weighted by molar-refractivity contribution is 6.09. The summed E-state index contributed by atoms with van der Waals surface area (Å²) >= 11 is 0. The summed E-state index contributed by atoms with van der Waals surface area (Å²) < 4.78 is 13.7. The van der Waals surface area contributed by atoms with E-state index in [9.17, 15) is 0 Å². The first-order valence-electron chi connectivity index (χ1n) is 21.3. The third kappa shape index (κ3) is 5.27. The minimum absolute atomic E-state index is 0.503. The fraction of sp³-hybridized carbons (Fsp3) is 0.0172. The standard InChI is InChI=1S/C58H35N3O2/c1-2-16-36(17-3-1)37-32-34-38(35-33-37)39-18-4-5-22-44(39)55-59-56(45-24-14-23-43-42-21-8-12-30-51(42)62-53(43)45)61-57(60-55)46-25-15-29-50-54(46)63-52-31-13-11-28-49(52)58(50)47-26-9-6-19-40(47)41-20-7-10-27-48(41)58/h1-35H. The van der Waals surface area contributed by atoms with Crippen molar-refractivity contribution in [3.05, 3.63) is 235 Å². The molecular weight excluding hydrogens is 771 g/mol. The van der Waals surface area contributed by atoms with E-state index in [0.717, 1.165) is 77.9 Å². The molecule has 1 aliphatic carbocycles. The van der Waals surface area contributed by atoms with Gasteiger partial charge in [0.05, 0.1) is 16.5 Å². The average Bonchev–Trinajstić information content (AvgIpc) is 3.88. The Morgan fingerprint density at radius 3 is 1.57 bits per heavy atom. The molecule has 0 amide bonds. The molecule has 1 aliphatic heterocycles. The number of ether oxygens (including phenoxy) is 1. The molecule has 0 unspecified atom stereocenters. The molecule has 2 aromatic heterocycles. The number of nitrogens with zero attached hydrogens (tertiary/aromatic N) is 3. The van der Waals surface area contributed by atoms with E-state index in [2.05, 4.69) is 164 Å². The smallest absolute Gasteiger partial charge is 0.167 e. The van der Waals surface area contributed by atoms with Crippen molar-refractivity contribution in [1.82, 2.24) is 15.0 Å². The largest absolute Gasteiger partial charge is 0.456 e. The summed E-state index contributed by atoms with van der Waals surface area (Å²) in [6.07, 6.45) is 0. The second kappa shape index (κ2) is 13.8. The fourth-order valence-electron chi connectivity index (χ4n) is 10.1. The Hall–Kier alpha value is -8.41. The molecule has 294 valence electrons. The quantitative estimate of drug-likeness (QED) is 0.173. The molecule has 63 heavy (non-hydrogen) atoms. The van der Waals surface area contributed by atoms with Crippen molar-refractivity contribution >= 4 is 21.9 Å². The van der Waals surface area contributed by atoms with Crippen molar-refractivity contribution in [2.75, 3.05) is 0 Å². The van der Waals surface area contributed by atoms with Gasteiger partial charge in [0, 0.05) is 27.5 Å². The Kier molecular flexibility index (Phi) is 7.75. The van der Waals surface area contributed by atoms with Crippen LogP contribution in [0.5, 0.6) is 11.5 Å². The van der Waals surface area contributed by atoms with Crippen molar-refractivity contribution in [2.45, 2.75) is 5.41 Å². The average molecular weight is 806 g/mol.